The largest absolute Gasteiger partial charge is 0.450 e. The standard InChI is InChI=1S/C22H14BrClN2O3S/c1-10-11(2)30-22(25-10)26-18(12-3-6-14(24)7-4-12)17-19(27)15-9-13(23)5-8-16(15)29-20(17)21(26)28/h3-9,18H,1-2H3/t18-/m0/s1. The highest BCUT2D eigenvalue weighted by atomic mass is 79.9. The molecule has 0 spiro atoms. The molecule has 30 heavy (non-hydrogen) atoms. The number of amides is 1. The van der Waals surface area contributed by atoms with Gasteiger partial charge in [0, 0.05) is 14.4 Å². The molecule has 1 aliphatic heterocycles. The summed E-state index contributed by atoms with van der Waals surface area (Å²) in [6.07, 6.45) is 0. The Hall–Kier alpha value is -2.48. The van der Waals surface area contributed by atoms with E-state index in [0.717, 1.165) is 20.6 Å². The fourth-order valence-corrected chi connectivity index (χ4v) is 5.09. The van der Waals surface area contributed by atoms with Gasteiger partial charge < -0.3 is 4.42 Å². The first-order valence-electron chi connectivity index (χ1n) is 9.14. The van der Waals surface area contributed by atoms with Gasteiger partial charge in [-0.25, -0.2) is 4.98 Å². The lowest BCUT2D eigenvalue weighted by molar-refractivity contribution is 0.0971. The Balaban J connectivity index is 1.82. The summed E-state index contributed by atoms with van der Waals surface area (Å²) in [6, 6.07) is 11.7. The van der Waals surface area contributed by atoms with Gasteiger partial charge in [-0.15, -0.1) is 11.3 Å². The lowest BCUT2D eigenvalue weighted by Gasteiger charge is -2.22. The highest BCUT2D eigenvalue weighted by Crippen LogP contribution is 2.43. The number of rotatable bonds is 2. The zero-order chi connectivity index (χ0) is 21.2. The summed E-state index contributed by atoms with van der Waals surface area (Å²) in [5.74, 6) is -0.319. The zero-order valence-corrected chi connectivity index (χ0v) is 19.1. The van der Waals surface area contributed by atoms with Crippen molar-refractivity contribution in [3.05, 3.63) is 89.6 Å². The highest BCUT2D eigenvalue weighted by Gasteiger charge is 2.45. The number of thiazole rings is 1. The molecule has 0 fully saturated rings. The minimum atomic E-state index is -0.644. The number of fused-ring (bicyclic) bond motifs is 2. The van der Waals surface area contributed by atoms with Crippen LogP contribution in [0, 0.1) is 13.8 Å². The molecule has 0 aliphatic carbocycles. The Morgan fingerprint density at radius 1 is 1.13 bits per heavy atom. The number of nitrogens with zero attached hydrogens (tertiary/aromatic N) is 2. The van der Waals surface area contributed by atoms with Crippen LogP contribution in [-0.4, -0.2) is 10.9 Å². The Morgan fingerprint density at radius 2 is 1.87 bits per heavy atom. The molecule has 5 nitrogen and oxygen atoms in total. The molecule has 0 saturated carbocycles. The molecule has 0 unspecified atom stereocenters. The number of aromatic nitrogens is 1. The SMILES string of the molecule is Cc1nc(N2C(=O)c3oc4ccc(Br)cc4c(=O)c3[C@@H]2c2ccc(Cl)cc2)sc1C. The molecule has 8 heteroatoms. The molecule has 3 heterocycles. The number of halogens is 2. The van der Waals surface area contributed by atoms with Crippen molar-refractivity contribution in [1.29, 1.82) is 0 Å². The molecule has 0 N–H and O–H groups in total. The predicted molar refractivity (Wildman–Crippen MR) is 122 cm³/mol. The van der Waals surface area contributed by atoms with E-state index < -0.39 is 6.04 Å². The van der Waals surface area contributed by atoms with Crippen molar-refractivity contribution in [3.8, 4) is 0 Å². The van der Waals surface area contributed by atoms with E-state index in [1.807, 2.05) is 26.0 Å². The average molecular weight is 502 g/mol. The van der Waals surface area contributed by atoms with Gasteiger partial charge >= 0.3 is 0 Å². The average Bonchev–Trinajstić information content (AvgIpc) is 3.20. The van der Waals surface area contributed by atoms with Crippen molar-refractivity contribution < 1.29 is 9.21 Å². The van der Waals surface area contributed by atoms with Crippen molar-refractivity contribution in [1.82, 2.24) is 4.98 Å². The van der Waals surface area contributed by atoms with Crippen LogP contribution in [0.25, 0.3) is 11.0 Å². The molecule has 5 rings (SSSR count). The fraction of sp³-hybridized carbons (Fsp3) is 0.136. The van der Waals surface area contributed by atoms with Crippen LogP contribution in [0.3, 0.4) is 0 Å². The highest BCUT2D eigenvalue weighted by molar-refractivity contribution is 9.10. The molecule has 4 aromatic rings. The number of anilines is 1. The van der Waals surface area contributed by atoms with Gasteiger partial charge in [-0.05, 0) is 49.7 Å². The lowest BCUT2D eigenvalue weighted by Crippen LogP contribution is -2.29. The summed E-state index contributed by atoms with van der Waals surface area (Å²) in [4.78, 5) is 34.1. The zero-order valence-electron chi connectivity index (χ0n) is 15.9. The summed E-state index contributed by atoms with van der Waals surface area (Å²) in [5.41, 5.74) is 2.07. The maximum Gasteiger partial charge on any atom is 0.297 e. The molecule has 1 aliphatic rings. The van der Waals surface area contributed by atoms with Crippen molar-refractivity contribution >= 4 is 60.9 Å². The van der Waals surface area contributed by atoms with Gasteiger partial charge in [-0.1, -0.05) is 39.7 Å². The van der Waals surface area contributed by atoms with Crippen LogP contribution in [0.1, 0.15) is 38.3 Å². The van der Waals surface area contributed by atoms with Crippen molar-refractivity contribution in [2.75, 3.05) is 4.90 Å². The molecule has 2 aromatic carbocycles. The Bertz CT molecular complexity index is 1370. The van der Waals surface area contributed by atoms with E-state index in [-0.39, 0.29) is 17.1 Å². The van der Waals surface area contributed by atoms with Gasteiger partial charge in [0.15, 0.2) is 10.6 Å². The minimum Gasteiger partial charge on any atom is -0.450 e. The van der Waals surface area contributed by atoms with Crippen LogP contribution in [0.2, 0.25) is 5.02 Å². The second kappa shape index (κ2) is 7.04. The number of carbonyl (C=O) groups excluding carboxylic acids is 1. The Kier molecular flexibility index (Phi) is 4.57. The number of aryl methyl sites for hydroxylation is 2. The topological polar surface area (TPSA) is 63.4 Å². The summed E-state index contributed by atoms with van der Waals surface area (Å²) in [5, 5.41) is 1.53. The third kappa shape index (κ3) is 2.92. The van der Waals surface area contributed by atoms with Crippen LogP contribution >= 0.6 is 38.9 Å². The third-order valence-electron chi connectivity index (χ3n) is 5.24. The van der Waals surface area contributed by atoms with E-state index in [0.29, 0.717) is 26.7 Å². The third-order valence-corrected chi connectivity index (χ3v) is 7.06. The van der Waals surface area contributed by atoms with E-state index in [4.69, 9.17) is 16.0 Å². The monoisotopic (exact) mass is 500 g/mol. The van der Waals surface area contributed by atoms with Crippen LogP contribution in [-0.2, 0) is 0 Å². The van der Waals surface area contributed by atoms with Gasteiger partial charge in [-0.3, -0.25) is 14.5 Å². The molecule has 0 radical (unpaired) electrons. The van der Waals surface area contributed by atoms with E-state index in [2.05, 4.69) is 20.9 Å². The van der Waals surface area contributed by atoms with E-state index in [1.165, 1.54) is 11.3 Å². The molecule has 0 saturated heterocycles. The van der Waals surface area contributed by atoms with Gasteiger partial charge in [0.05, 0.1) is 22.7 Å². The molecule has 0 bridgehead atoms. The van der Waals surface area contributed by atoms with Gasteiger partial charge in [-0.2, -0.15) is 0 Å². The van der Waals surface area contributed by atoms with E-state index >= 15 is 0 Å². The lowest BCUT2D eigenvalue weighted by atomic mass is 9.99. The molecule has 150 valence electrons. The number of carbonyl (C=O) groups is 1. The summed E-state index contributed by atoms with van der Waals surface area (Å²) in [6.45, 7) is 3.85. The van der Waals surface area contributed by atoms with Crippen LogP contribution in [0.5, 0.6) is 0 Å². The van der Waals surface area contributed by atoms with Crippen molar-refractivity contribution in [2.45, 2.75) is 19.9 Å². The van der Waals surface area contributed by atoms with Gasteiger partial charge in [0.1, 0.15) is 5.58 Å². The first-order chi connectivity index (χ1) is 14.3. The second-order valence-electron chi connectivity index (χ2n) is 7.08. The number of hydrogen-bond acceptors (Lipinski definition) is 5. The van der Waals surface area contributed by atoms with Crippen LogP contribution in [0.15, 0.2) is 56.1 Å². The number of hydrogen-bond donors (Lipinski definition) is 0. The Morgan fingerprint density at radius 3 is 2.53 bits per heavy atom. The van der Waals surface area contributed by atoms with Crippen molar-refractivity contribution in [3.63, 3.8) is 0 Å². The molecule has 2 aromatic heterocycles. The minimum absolute atomic E-state index is 0.0558. The maximum absolute atomic E-state index is 13.5. The Labute approximate surface area is 189 Å². The van der Waals surface area contributed by atoms with Gasteiger partial charge in [0.2, 0.25) is 5.76 Å². The fourth-order valence-electron chi connectivity index (χ4n) is 3.66. The molecule has 1 amide bonds. The summed E-state index contributed by atoms with van der Waals surface area (Å²) < 4.78 is 6.72. The maximum atomic E-state index is 13.5. The molecular formula is C22H14BrClN2O3S. The number of benzene rings is 2. The van der Waals surface area contributed by atoms with Gasteiger partial charge in [0.25, 0.3) is 5.91 Å². The summed E-state index contributed by atoms with van der Waals surface area (Å²) in [7, 11) is 0. The van der Waals surface area contributed by atoms with Crippen LogP contribution in [0.4, 0.5) is 5.13 Å². The quantitative estimate of drug-likeness (QED) is 0.336. The second-order valence-corrected chi connectivity index (χ2v) is 9.62. The first kappa shape index (κ1) is 19.5. The first-order valence-corrected chi connectivity index (χ1v) is 11.1. The predicted octanol–water partition coefficient (Wildman–Crippen LogP) is 6.03. The smallest absolute Gasteiger partial charge is 0.297 e. The van der Waals surface area contributed by atoms with E-state index in [1.54, 1.807) is 35.2 Å². The molecule has 1 atom stereocenters. The summed E-state index contributed by atoms with van der Waals surface area (Å²) >= 11 is 10.9. The molecular weight excluding hydrogens is 488 g/mol. The van der Waals surface area contributed by atoms with Crippen molar-refractivity contribution in [2.24, 2.45) is 0 Å². The van der Waals surface area contributed by atoms with Crippen LogP contribution < -0.4 is 10.3 Å². The normalized spacial score (nSPS) is 15.8. The van der Waals surface area contributed by atoms with E-state index in [9.17, 15) is 9.59 Å².